The molecule has 1 aliphatic carbocycles. The number of ether oxygens (including phenoxy) is 1. The van der Waals surface area contributed by atoms with Crippen molar-refractivity contribution >= 4 is 5.91 Å². The second kappa shape index (κ2) is 5.06. The summed E-state index contributed by atoms with van der Waals surface area (Å²) in [6.07, 6.45) is 9.19. The molecule has 3 fully saturated rings. The van der Waals surface area contributed by atoms with E-state index >= 15 is 0 Å². The van der Waals surface area contributed by atoms with Crippen LogP contribution in [0.1, 0.15) is 51.4 Å². The zero-order valence-electron chi connectivity index (χ0n) is 11.8. The van der Waals surface area contributed by atoms with Crippen molar-refractivity contribution in [2.24, 2.45) is 11.1 Å². The van der Waals surface area contributed by atoms with Crippen molar-refractivity contribution < 1.29 is 9.53 Å². The van der Waals surface area contributed by atoms with Crippen LogP contribution in [0.25, 0.3) is 0 Å². The highest BCUT2D eigenvalue weighted by atomic mass is 16.5. The maximum absolute atomic E-state index is 12.7. The summed E-state index contributed by atoms with van der Waals surface area (Å²) in [6, 6.07) is 0. The molecule has 0 aromatic heterocycles. The van der Waals surface area contributed by atoms with E-state index in [4.69, 9.17) is 10.5 Å². The second-order valence-electron chi connectivity index (χ2n) is 6.81. The van der Waals surface area contributed by atoms with Crippen LogP contribution in [0.4, 0.5) is 0 Å². The lowest BCUT2D eigenvalue weighted by Crippen LogP contribution is -2.57. The first-order valence-electron chi connectivity index (χ1n) is 7.80. The molecule has 3 rings (SSSR count). The fourth-order valence-electron chi connectivity index (χ4n) is 4.08. The molecule has 108 valence electrons. The minimum Gasteiger partial charge on any atom is -0.381 e. The molecule has 0 aromatic carbocycles. The number of carbonyl (C=O) groups is 1. The number of nitrogens with zero attached hydrogens (tertiary/aromatic N) is 1. The van der Waals surface area contributed by atoms with Gasteiger partial charge in [-0.25, -0.2) is 0 Å². The molecule has 0 unspecified atom stereocenters. The first-order valence-corrected chi connectivity index (χ1v) is 7.80. The Morgan fingerprint density at radius 3 is 2.37 bits per heavy atom. The van der Waals surface area contributed by atoms with Crippen LogP contribution in [0.3, 0.4) is 0 Å². The van der Waals surface area contributed by atoms with Gasteiger partial charge in [-0.2, -0.15) is 0 Å². The van der Waals surface area contributed by atoms with Gasteiger partial charge in [0.15, 0.2) is 0 Å². The van der Waals surface area contributed by atoms with E-state index in [1.54, 1.807) is 0 Å². The molecule has 0 bridgehead atoms. The Hall–Kier alpha value is -0.610. The van der Waals surface area contributed by atoms with Crippen molar-refractivity contribution in [2.75, 3.05) is 26.3 Å². The number of carbonyl (C=O) groups excluding carboxylic acids is 1. The van der Waals surface area contributed by atoms with Gasteiger partial charge in [0, 0.05) is 26.3 Å². The highest BCUT2D eigenvalue weighted by Gasteiger charge is 2.45. The smallest absolute Gasteiger partial charge is 0.242 e. The van der Waals surface area contributed by atoms with Gasteiger partial charge < -0.3 is 15.4 Å². The van der Waals surface area contributed by atoms with Crippen molar-refractivity contribution in [2.45, 2.75) is 56.9 Å². The van der Waals surface area contributed by atoms with Crippen LogP contribution in [-0.4, -0.2) is 42.6 Å². The van der Waals surface area contributed by atoms with Crippen LogP contribution >= 0.6 is 0 Å². The van der Waals surface area contributed by atoms with Crippen LogP contribution in [0.5, 0.6) is 0 Å². The molecule has 4 heteroatoms. The zero-order chi connectivity index (χ0) is 13.3. The Morgan fingerprint density at radius 2 is 1.68 bits per heavy atom. The maximum Gasteiger partial charge on any atom is 0.242 e. The number of hydrogen-bond donors (Lipinski definition) is 1. The van der Waals surface area contributed by atoms with Gasteiger partial charge in [-0.15, -0.1) is 0 Å². The van der Waals surface area contributed by atoms with Gasteiger partial charge in [-0.05, 0) is 37.5 Å². The minimum absolute atomic E-state index is 0.179. The molecule has 0 radical (unpaired) electrons. The summed E-state index contributed by atoms with van der Waals surface area (Å²) in [5.74, 6) is 0.179. The van der Waals surface area contributed by atoms with Crippen LogP contribution in [0, 0.1) is 5.41 Å². The molecule has 1 saturated carbocycles. The molecule has 3 aliphatic rings. The van der Waals surface area contributed by atoms with Crippen molar-refractivity contribution in [1.29, 1.82) is 0 Å². The maximum atomic E-state index is 12.7. The van der Waals surface area contributed by atoms with E-state index in [1.807, 2.05) is 0 Å². The SMILES string of the molecule is NC1(C(=O)N2CCC3(CCCCC3)C2)CCOCC1. The third-order valence-electron chi connectivity index (χ3n) is 5.45. The normalized spacial score (nSPS) is 29.6. The Labute approximate surface area is 115 Å². The van der Waals surface area contributed by atoms with E-state index in [0.29, 0.717) is 31.5 Å². The molecule has 2 saturated heterocycles. The average molecular weight is 266 g/mol. The van der Waals surface area contributed by atoms with Gasteiger partial charge in [0.25, 0.3) is 0 Å². The molecular formula is C15H26N2O2. The summed E-state index contributed by atoms with van der Waals surface area (Å²) in [6.45, 7) is 3.12. The van der Waals surface area contributed by atoms with E-state index < -0.39 is 5.54 Å². The predicted octanol–water partition coefficient (Wildman–Crippen LogP) is 1.68. The Balaban J connectivity index is 1.65. The molecule has 4 nitrogen and oxygen atoms in total. The third kappa shape index (κ3) is 2.52. The molecule has 2 aliphatic heterocycles. The zero-order valence-corrected chi connectivity index (χ0v) is 11.8. The molecule has 0 aromatic rings. The first-order chi connectivity index (χ1) is 9.14. The molecule has 1 amide bonds. The summed E-state index contributed by atoms with van der Waals surface area (Å²) in [4.78, 5) is 14.7. The Kier molecular flexibility index (Phi) is 3.56. The summed E-state index contributed by atoms with van der Waals surface area (Å²) < 4.78 is 5.34. The first kappa shape index (κ1) is 13.4. The number of nitrogens with two attached hydrogens (primary N) is 1. The van der Waals surface area contributed by atoms with E-state index in [2.05, 4.69) is 4.90 Å². The summed E-state index contributed by atoms with van der Waals surface area (Å²) in [5.41, 5.74) is 6.10. The lowest BCUT2D eigenvalue weighted by atomic mass is 9.73. The highest BCUT2D eigenvalue weighted by molar-refractivity contribution is 5.86. The topological polar surface area (TPSA) is 55.6 Å². The lowest BCUT2D eigenvalue weighted by molar-refractivity contribution is -0.140. The summed E-state index contributed by atoms with van der Waals surface area (Å²) in [7, 11) is 0. The number of hydrogen-bond acceptors (Lipinski definition) is 3. The highest BCUT2D eigenvalue weighted by Crippen LogP contribution is 2.44. The van der Waals surface area contributed by atoms with Gasteiger partial charge in [-0.3, -0.25) is 4.79 Å². The number of amides is 1. The standard InChI is InChI=1S/C15H26N2O2/c16-15(7-10-19-11-8-15)13(18)17-9-6-14(12-17)4-2-1-3-5-14/h1-12,16H2. The van der Waals surface area contributed by atoms with Gasteiger partial charge in [-0.1, -0.05) is 19.3 Å². The summed E-state index contributed by atoms with van der Waals surface area (Å²) >= 11 is 0. The van der Waals surface area contributed by atoms with Crippen molar-refractivity contribution in [3.63, 3.8) is 0 Å². The fourth-order valence-corrected chi connectivity index (χ4v) is 4.08. The third-order valence-corrected chi connectivity index (χ3v) is 5.45. The molecule has 2 N–H and O–H groups in total. The molecular weight excluding hydrogens is 240 g/mol. The second-order valence-corrected chi connectivity index (χ2v) is 6.81. The molecule has 0 atom stereocenters. The van der Waals surface area contributed by atoms with Crippen LogP contribution in [0.15, 0.2) is 0 Å². The van der Waals surface area contributed by atoms with Crippen LogP contribution < -0.4 is 5.73 Å². The van der Waals surface area contributed by atoms with Crippen molar-refractivity contribution in [3.8, 4) is 0 Å². The van der Waals surface area contributed by atoms with Gasteiger partial charge >= 0.3 is 0 Å². The monoisotopic (exact) mass is 266 g/mol. The van der Waals surface area contributed by atoms with Crippen molar-refractivity contribution in [1.82, 2.24) is 4.90 Å². The lowest BCUT2D eigenvalue weighted by Gasteiger charge is -2.37. The molecule has 1 spiro atoms. The van der Waals surface area contributed by atoms with E-state index in [1.165, 1.54) is 38.5 Å². The number of rotatable bonds is 1. The van der Waals surface area contributed by atoms with E-state index in [-0.39, 0.29) is 5.91 Å². The summed E-state index contributed by atoms with van der Waals surface area (Å²) in [5, 5.41) is 0. The van der Waals surface area contributed by atoms with Crippen LogP contribution in [0.2, 0.25) is 0 Å². The van der Waals surface area contributed by atoms with E-state index in [9.17, 15) is 4.79 Å². The quantitative estimate of drug-likeness (QED) is 0.785. The van der Waals surface area contributed by atoms with Gasteiger partial charge in [0.2, 0.25) is 5.91 Å². The van der Waals surface area contributed by atoms with Crippen molar-refractivity contribution in [3.05, 3.63) is 0 Å². The van der Waals surface area contributed by atoms with Gasteiger partial charge in [0.1, 0.15) is 0 Å². The fraction of sp³-hybridized carbons (Fsp3) is 0.933. The minimum atomic E-state index is -0.654. The Bertz CT molecular complexity index is 344. The van der Waals surface area contributed by atoms with E-state index in [0.717, 1.165) is 13.1 Å². The molecule has 19 heavy (non-hydrogen) atoms. The number of likely N-dealkylation sites (tertiary alicyclic amines) is 1. The predicted molar refractivity (Wildman–Crippen MR) is 73.7 cm³/mol. The largest absolute Gasteiger partial charge is 0.381 e. The Morgan fingerprint density at radius 1 is 1.00 bits per heavy atom. The van der Waals surface area contributed by atoms with Crippen LogP contribution in [-0.2, 0) is 9.53 Å². The molecule has 2 heterocycles. The van der Waals surface area contributed by atoms with Gasteiger partial charge in [0.05, 0.1) is 5.54 Å². The average Bonchev–Trinajstić information content (AvgIpc) is 2.83.